The Hall–Kier alpha value is -2.53. The van der Waals surface area contributed by atoms with E-state index in [1.165, 1.54) is 17.4 Å². The SMILES string of the molecule is Cc1ccc(C(=O)Nc2nc(-c3ccccc3)cs2)cc1F. The molecule has 0 aliphatic carbocycles. The fourth-order valence-corrected chi connectivity index (χ4v) is 2.69. The number of thiazole rings is 1. The van der Waals surface area contributed by atoms with Crippen molar-refractivity contribution in [1.82, 2.24) is 4.98 Å². The maximum atomic E-state index is 13.5. The maximum Gasteiger partial charge on any atom is 0.257 e. The van der Waals surface area contributed by atoms with Gasteiger partial charge in [0, 0.05) is 16.5 Å². The molecule has 110 valence electrons. The predicted molar refractivity (Wildman–Crippen MR) is 86.6 cm³/mol. The highest BCUT2D eigenvalue weighted by molar-refractivity contribution is 7.14. The molecule has 0 radical (unpaired) electrons. The Morgan fingerprint density at radius 2 is 1.95 bits per heavy atom. The van der Waals surface area contributed by atoms with Crippen LogP contribution in [0.15, 0.2) is 53.9 Å². The molecule has 0 saturated carbocycles. The van der Waals surface area contributed by atoms with Crippen molar-refractivity contribution in [2.24, 2.45) is 0 Å². The summed E-state index contributed by atoms with van der Waals surface area (Å²) < 4.78 is 13.5. The third-order valence-corrected chi connectivity index (χ3v) is 3.99. The largest absolute Gasteiger partial charge is 0.298 e. The lowest BCUT2D eigenvalue weighted by Gasteiger charge is -2.03. The van der Waals surface area contributed by atoms with Gasteiger partial charge in [-0.3, -0.25) is 10.1 Å². The van der Waals surface area contributed by atoms with Crippen LogP contribution in [-0.2, 0) is 0 Å². The van der Waals surface area contributed by atoms with E-state index < -0.39 is 5.82 Å². The van der Waals surface area contributed by atoms with E-state index in [0.717, 1.165) is 11.3 Å². The van der Waals surface area contributed by atoms with E-state index in [-0.39, 0.29) is 11.5 Å². The van der Waals surface area contributed by atoms with E-state index >= 15 is 0 Å². The van der Waals surface area contributed by atoms with E-state index in [1.807, 2.05) is 35.7 Å². The van der Waals surface area contributed by atoms with Crippen molar-refractivity contribution in [3.05, 3.63) is 70.9 Å². The number of amides is 1. The summed E-state index contributed by atoms with van der Waals surface area (Å²) >= 11 is 1.34. The zero-order chi connectivity index (χ0) is 15.5. The summed E-state index contributed by atoms with van der Waals surface area (Å²) in [6.45, 7) is 1.66. The van der Waals surface area contributed by atoms with Gasteiger partial charge in [-0.15, -0.1) is 11.3 Å². The van der Waals surface area contributed by atoms with E-state index in [1.54, 1.807) is 19.1 Å². The van der Waals surface area contributed by atoms with Crippen LogP contribution in [0.1, 0.15) is 15.9 Å². The van der Waals surface area contributed by atoms with Crippen LogP contribution in [0.4, 0.5) is 9.52 Å². The molecule has 0 bridgehead atoms. The maximum absolute atomic E-state index is 13.5. The monoisotopic (exact) mass is 312 g/mol. The highest BCUT2D eigenvalue weighted by Crippen LogP contribution is 2.25. The molecule has 3 nitrogen and oxygen atoms in total. The van der Waals surface area contributed by atoms with Gasteiger partial charge in [0.2, 0.25) is 0 Å². The molecule has 1 amide bonds. The molecule has 2 aromatic carbocycles. The van der Waals surface area contributed by atoms with Gasteiger partial charge < -0.3 is 0 Å². The first-order valence-corrected chi connectivity index (χ1v) is 7.60. The number of anilines is 1. The molecule has 1 heterocycles. The molecule has 0 atom stereocenters. The van der Waals surface area contributed by atoms with Crippen LogP contribution >= 0.6 is 11.3 Å². The molecule has 0 saturated heterocycles. The van der Waals surface area contributed by atoms with Crippen LogP contribution in [0, 0.1) is 12.7 Å². The number of carbonyl (C=O) groups excluding carboxylic acids is 1. The Balaban J connectivity index is 1.77. The second kappa shape index (κ2) is 6.07. The minimum Gasteiger partial charge on any atom is -0.298 e. The second-order valence-corrected chi connectivity index (χ2v) is 5.68. The summed E-state index contributed by atoms with van der Waals surface area (Å²) in [4.78, 5) is 16.5. The molecule has 0 aliphatic heterocycles. The minimum absolute atomic E-state index is 0.277. The lowest BCUT2D eigenvalue weighted by molar-refractivity contribution is 0.102. The van der Waals surface area contributed by atoms with Gasteiger partial charge >= 0.3 is 0 Å². The molecular weight excluding hydrogens is 299 g/mol. The van der Waals surface area contributed by atoms with Gasteiger partial charge in [-0.2, -0.15) is 0 Å². The summed E-state index contributed by atoms with van der Waals surface area (Å²) in [5, 5.41) is 5.06. The molecule has 5 heteroatoms. The zero-order valence-corrected chi connectivity index (χ0v) is 12.7. The smallest absolute Gasteiger partial charge is 0.257 e. The van der Waals surface area contributed by atoms with Crippen LogP contribution in [0.5, 0.6) is 0 Å². The number of hydrogen-bond donors (Lipinski definition) is 1. The van der Waals surface area contributed by atoms with Gasteiger partial charge in [-0.25, -0.2) is 9.37 Å². The highest BCUT2D eigenvalue weighted by atomic mass is 32.1. The van der Waals surface area contributed by atoms with Gasteiger partial charge in [-0.1, -0.05) is 36.4 Å². The highest BCUT2D eigenvalue weighted by Gasteiger charge is 2.11. The molecule has 3 rings (SSSR count). The quantitative estimate of drug-likeness (QED) is 0.773. The predicted octanol–water partition coefficient (Wildman–Crippen LogP) is 4.51. The molecule has 0 aliphatic rings. The van der Waals surface area contributed by atoms with Crippen molar-refractivity contribution in [2.45, 2.75) is 6.92 Å². The molecule has 3 aromatic rings. The summed E-state index contributed by atoms with van der Waals surface area (Å²) in [5.74, 6) is -0.760. The second-order valence-electron chi connectivity index (χ2n) is 4.82. The number of hydrogen-bond acceptors (Lipinski definition) is 3. The van der Waals surface area contributed by atoms with Gasteiger partial charge in [0.25, 0.3) is 5.91 Å². The fraction of sp³-hybridized carbons (Fsp3) is 0.0588. The Bertz CT molecular complexity index is 815. The van der Waals surface area contributed by atoms with Crippen molar-refractivity contribution < 1.29 is 9.18 Å². The van der Waals surface area contributed by atoms with Gasteiger partial charge in [0.15, 0.2) is 5.13 Å². The Morgan fingerprint density at radius 1 is 1.18 bits per heavy atom. The molecule has 0 spiro atoms. The summed E-state index contributed by atoms with van der Waals surface area (Å²) in [6.07, 6.45) is 0. The van der Waals surface area contributed by atoms with E-state index in [4.69, 9.17) is 0 Å². The first kappa shape index (κ1) is 14.4. The van der Waals surface area contributed by atoms with E-state index in [9.17, 15) is 9.18 Å². The summed E-state index contributed by atoms with van der Waals surface area (Å²) in [7, 11) is 0. The third kappa shape index (κ3) is 3.04. The fourth-order valence-electron chi connectivity index (χ4n) is 1.98. The number of carbonyl (C=O) groups is 1. The lowest BCUT2D eigenvalue weighted by atomic mass is 10.1. The minimum atomic E-state index is -0.392. The van der Waals surface area contributed by atoms with Crippen LogP contribution in [-0.4, -0.2) is 10.9 Å². The number of aryl methyl sites for hydroxylation is 1. The van der Waals surface area contributed by atoms with Crippen molar-refractivity contribution in [3.8, 4) is 11.3 Å². The summed E-state index contributed by atoms with van der Waals surface area (Å²) in [5.41, 5.74) is 2.58. The van der Waals surface area contributed by atoms with E-state index in [0.29, 0.717) is 10.7 Å². The van der Waals surface area contributed by atoms with Gasteiger partial charge in [0.1, 0.15) is 5.82 Å². The Labute approximate surface area is 131 Å². The molecule has 0 unspecified atom stereocenters. The average Bonchev–Trinajstić information content (AvgIpc) is 2.99. The first-order valence-electron chi connectivity index (χ1n) is 6.72. The standard InChI is InChI=1S/C17H13FN2OS/c1-11-7-8-13(9-14(11)18)16(21)20-17-19-15(10-22-17)12-5-3-2-4-6-12/h2-10H,1H3,(H,19,20,21). The number of benzene rings is 2. The van der Waals surface area contributed by atoms with Gasteiger partial charge in [-0.05, 0) is 24.6 Å². The normalized spacial score (nSPS) is 10.5. The van der Waals surface area contributed by atoms with Gasteiger partial charge in [0.05, 0.1) is 5.69 Å². The number of halogens is 1. The molecule has 22 heavy (non-hydrogen) atoms. The number of rotatable bonds is 3. The van der Waals surface area contributed by atoms with Crippen molar-refractivity contribution in [1.29, 1.82) is 0 Å². The van der Waals surface area contributed by atoms with Crippen molar-refractivity contribution in [2.75, 3.05) is 5.32 Å². The molecule has 1 aromatic heterocycles. The van der Waals surface area contributed by atoms with Crippen molar-refractivity contribution in [3.63, 3.8) is 0 Å². The number of nitrogens with one attached hydrogen (secondary N) is 1. The molecular formula is C17H13FN2OS. The molecule has 1 N–H and O–H groups in total. The Kier molecular flexibility index (Phi) is 3.98. The molecule has 0 fully saturated rings. The Morgan fingerprint density at radius 3 is 2.68 bits per heavy atom. The lowest BCUT2D eigenvalue weighted by Crippen LogP contribution is -2.12. The topological polar surface area (TPSA) is 42.0 Å². The van der Waals surface area contributed by atoms with Crippen LogP contribution in [0.2, 0.25) is 0 Å². The number of aromatic nitrogens is 1. The summed E-state index contributed by atoms with van der Waals surface area (Å²) in [6, 6.07) is 14.1. The van der Waals surface area contributed by atoms with Crippen LogP contribution in [0.3, 0.4) is 0 Å². The van der Waals surface area contributed by atoms with Crippen LogP contribution in [0.25, 0.3) is 11.3 Å². The average molecular weight is 312 g/mol. The van der Waals surface area contributed by atoms with Crippen LogP contribution < -0.4 is 5.32 Å². The zero-order valence-electron chi connectivity index (χ0n) is 11.8. The van der Waals surface area contributed by atoms with E-state index in [2.05, 4.69) is 10.3 Å². The van der Waals surface area contributed by atoms with Crippen molar-refractivity contribution >= 4 is 22.4 Å². The first-order chi connectivity index (χ1) is 10.6. The number of nitrogens with zero attached hydrogens (tertiary/aromatic N) is 1. The third-order valence-electron chi connectivity index (χ3n) is 3.23.